The Morgan fingerprint density at radius 3 is 2.09 bits per heavy atom. The lowest BCUT2D eigenvalue weighted by Crippen LogP contribution is -2.26. The maximum absolute atomic E-state index is 13.4. The second kappa shape index (κ2) is 12.3. The fourth-order valence-corrected chi connectivity index (χ4v) is 5.27. The molecule has 7 nitrogen and oxygen atoms in total. The van der Waals surface area contributed by atoms with Crippen molar-refractivity contribution in [1.29, 1.82) is 0 Å². The van der Waals surface area contributed by atoms with Crippen LogP contribution in [0.2, 0.25) is 51.4 Å². The third-order valence-electron chi connectivity index (χ3n) is 5.23. The van der Waals surface area contributed by atoms with Crippen molar-refractivity contribution < 1.29 is 14.2 Å². The smallest absolute Gasteiger partial charge is 0.278 e. The molecule has 0 N–H and O–H groups in total. The van der Waals surface area contributed by atoms with Gasteiger partial charge in [-0.3, -0.25) is 4.79 Å². The molecule has 0 saturated heterocycles. The average molecular weight is 561 g/mol. The first-order chi connectivity index (χ1) is 15.3. The van der Waals surface area contributed by atoms with Crippen LogP contribution < -0.4 is 5.56 Å². The van der Waals surface area contributed by atoms with Crippen LogP contribution >= 0.6 is 15.9 Å². The molecule has 33 heavy (non-hydrogen) atoms. The van der Waals surface area contributed by atoms with Gasteiger partial charge in [-0.25, -0.2) is 4.68 Å². The third-order valence-corrected chi connectivity index (χ3v) is 9.54. The highest BCUT2D eigenvalue weighted by atomic mass is 79.9. The lowest BCUT2D eigenvalue weighted by Gasteiger charge is -2.16. The largest absolute Gasteiger partial charge is 0.376 e. The maximum atomic E-state index is 13.4. The van der Waals surface area contributed by atoms with E-state index in [0.29, 0.717) is 44.5 Å². The van der Waals surface area contributed by atoms with Gasteiger partial charge in [0.2, 0.25) is 0 Å². The summed E-state index contributed by atoms with van der Waals surface area (Å²) in [6.45, 7) is 21.0. The van der Waals surface area contributed by atoms with Crippen molar-refractivity contribution in [2.75, 3.05) is 19.8 Å². The van der Waals surface area contributed by atoms with Crippen molar-refractivity contribution in [2.45, 2.75) is 85.3 Å². The normalized spacial score (nSPS) is 12.9. The molecule has 188 valence electrons. The monoisotopic (exact) mass is 559 g/mol. The van der Waals surface area contributed by atoms with Gasteiger partial charge in [-0.05, 0) is 33.9 Å². The van der Waals surface area contributed by atoms with Crippen LogP contribution in [-0.2, 0) is 34.3 Å². The van der Waals surface area contributed by atoms with E-state index in [4.69, 9.17) is 14.2 Å². The summed E-state index contributed by atoms with van der Waals surface area (Å²) in [6, 6.07) is 2.14. The molecule has 0 bridgehead atoms. The van der Waals surface area contributed by atoms with E-state index in [-0.39, 0.29) is 12.3 Å². The summed E-state index contributed by atoms with van der Waals surface area (Å²) in [4.78, 5) is 13.4. The van der Waals surface area contributed by atoms with Gasteiger partial charge in [-0.2, -0.15) is 5.10 Å². The minimum absolute atomic E-state index is 0.154. The van der Waals surface area contributed by atoms with E-state index in [1.165, 1.54) is 4.68 Å². The summed E-state index contributed by atoms with van der Waals surface area (Å²) in [5, 5.41) is 5.00. The molecule has 2 aromatic heterocycles. The number of nitrogens with zero attached hydrogens (tertiary/aromatic N) is 3. The molecule has 0 unspecified atom stereocenters. The molecule has 2 rings (SSSR count). The summed E-state index contributed by atoms with van der Waals surface area (Å²) >= 11 is 3.71. The number of aromatic nitrogens is 3. The van der Waals surface area contributed by atoms with E-state index in [0.717, 1.165) is 27.8 Å². The Balaban J connectivity index is 2.29. The summed E-state index contributed by atoms with van der Waals surface area (Å²) in [5.41, 5.74) is 1.43. The van der Waals surface area contributed by atoms with Gasteiger partial charge >= 0.3 is 0 Å². The molecule has 2 aromatic rings. The molecule has 0 aliphatic carbocycles. The molecule has 2 heterocycles. The summed E-state index contributed by atoms with van der Waals surface area (Å²) in [6.07, 6.45) is 1.73. The van der Waals surface area contributed by atoms with Gasteiger partial charge in [0.05, 0.1) is 28.3 Å². The zero-order valence-corrected chi connectivity index (χ0v) is 25.3. The predicted octanol–water partition coefficient (Wildman–Crippen LogP) is 5.76. The first-order valence-electron chi connectivity index (χ1n) is 11.8. The Morgan fingerprint density at radius 1 is 0.970 bits per heavy atom. The highest BCUT2D eigenvalue weighted by molar-refractivity contribution is 9.10. The van der Waals surface area contributed by atoms with E-state index in [1.807, 2.05) is 4.57 Å². The number of halogens is 1. The lowest BCUT2D eigenvalue weighted by molar-refractivity contribution is 0.0752. The van der Waals surface area contributed by atoms with Gasteiger partial charge < -0.3 is 18.8 Å². The van der Waals surface area contributed by atoms with E-state index >= 15 is 0 Å². The standard InChI is InChI=1S/C23H42BrN3O4Si2/c1-18(2)14-31-15-19-21-20(26(22(19)24)16-29-9-11-32(3,4)5)13-25-27(23(21)28)17-30-10-12-33(6,7)8/h13,18H,9-12,14-17H2,1-8H3. The van der Waals surface area contributed by atoms with E-state index in [2.05, 4.69) is 74.2 Å². The highest BCUT2D eigenvalue weighted by Gasteiger charge is 2.21. The highest BCUT2D eigenvalue weighted by Crippen LogP contribution is 2.29. The number of ether oxygens (including phenoxy) is 3. The van der Waals surface area contributed by atoms with Crippen LogP contribution in [0, 0.1) is 5.92 Å². The first kappa shape index (κ1) is 28.5. The number of hydrogen-bond donors (Lipinski definition) is 0. The quantitative estimate of drug-likeness (QED) is 0.217. The molecule has 0 spiro atoms. The first-order valence-corrected chi connectivity index (χ1v) is 20.0. The average Bonchev–Trinajstić information content (AvgIpc) is 2.94. The fourth-order valence-electron chi connectivity index (χ4n) is 3.15. The molecule has 0 aromatic carbocycles. The Kier molecular flexibility index (Phi) is 10.6. The van der Waals surface area contributed by atoms with Crippen molar-refractivity contribution >= 4 is 43.0 Å². The van der Waals surface area contributed by atoms with E-state index < -0.39 is 16.1 Å². The Morgan fingerprint density at radius 2 is 1.55 bits per heavy atom. The van der Waals surface area contributed by atoms with E-state index in [9.17, 15) is 4.79 Å². The van der Waals surface area contributed by atoms with Crippen molar-refractivity contribution in [2.24, 2.45) is 5.92 Å². The minimum Gasteiger partial charge on any atom is -0.376 e. The van der Waals surface area contributed by atoms with E-state index in [1.54, 1.807) is 6.20 Å². The topological polar surface area (TPSA) is 67.5 Å². The van der Waals surface area contributed by atoms with Crippen molar-refractivity contribution in [3.05, 3.63) is 26.7 Å². The van der Waals surface area contributed by atoms with Gasteiger partial charge in [0.15, 0.2) is 0 Å². The second-order valence-electron chi connectivity index (χ2n) is 11.5. The summed E-state index contributed by atoms with van der Waals surface area (Å²) in [5.74, 6) is 0.417. The molecule has 0 amide bonds. The van der Waals surface area contributed by atoms with Crippen molar-refractivity contribution in [1.82, 2.24) is 14.3 Å². The van der Waals surface area contributed by atoms with Crippen molar-refractivity contribution in [3.63, 3.8) is 0 Å². The molecular weight excluding hydrogens is 518 g/mol. The van der Waals surface area contributed by atoms with Crippen LogP contribution in [0.5, 0.6) is 0 Å². The van der Waals surface area contributed by atoms with Crippen LogP contribution in [0.4, 0.5) is 0 Å². The minimum atomic E-state index is -1.19. The number of hydrogen-bond acceptors (Lipinski definition) is 5. The SMILES string of the molecule is CC(C)COCc1c(Br)n(COCC[Si](C)(C)C)c2cnn(COCC[Si](C)(C)C)c(=O)c12. The lowest BCUT2D eigenvalue weighted by atomic mass is 10.2. The number of fused-ring (bicyclic) bond motifs is 1. The maximum Gasteiger partial charge on any atom is 0.278 e. The van der Waals surface area contributed by atoms with Crippen molar-refractivity contribution in [3.8, 4) is 0 Å². The van der Waals surface area contributed by atoms with Gasteiger partial charge in [-0.15, -0.1) is 0 Å². The van der Waals surface area contributed by atoms with Crippen LogP contribution in [0.3, 0.4) is 0 Å². The zero-order valence-electron chi connectivity index (χ0n) is 21.7. The molecule has 10 heteroatoms. The van der Waals surface area contributed by atoms with Crippen LogP contribution in [0.1, 0.15) is 19.4 Å². The van der Waals surface area contributed by atoms with Crippen LogP contribution in [-0.4, -0.2) is 50.3 Å². The zero-order chi connectivity index (χ0) is 24.8. The number of rotatable bonds is 14. The Bertz CT molecular complexity index is 962. The third kappa shape index (κ3) is 9.06. The summed E-state index contributed by atoms with van der Waals surface area (Å²) < 4.78 is 21.9. The second-order valence-corrected chi connectivity index (χ2v) is 23.5. The molecule has 0 fully saturated rings. The van der Waals surface area contributed by atoms with Gasteiger partial charge in [0.25, 0.3) is 5.56 Å². The molecular formula is C23H42BrN3O4Si2. The van der Waals surface area contributed by atoms with Gasteiger partial charge in [0.1, 0.15) is 13.5 Å². The van der Waals surface area contributed by atoms with Crippen LogP contribution in [0.25, 0.3) is 10.9 Å². The van der Waals surface area contributed by atoms with Gasteiger partial charge in [-0.1, -0.05) is 53.1 Å². The molecule has 0 atom stereocenters. The molecule has 0 saturated carbocycles. The summed E-state index contributed by atoms with van der Waals surface area (Å²) in [7, 11) is -2.36. The van der Waals surface area contributed by atoms with Gasteiger partial charge in [0, 0.05) is 41.5 Å². The fraction of sp³-hybridized carbons (Fsp3) is 0.739. The Labute approximate surface area is 208 Å². The predicted molar refractivity (Wildman–Crippen MR) is 144 cm³/mol. The Hall–Kier alpha value is -0.786. The molecule has 0 radical (unpaired) electrons. The van der Waals surface area contributed by atoms with Crippen LogP contribution in [0.15, 0.2) is 15.6 Å². The molecule has 0 aliphatic heterocycles. The molecule has 0 aliphatic rings.